The predicted molar refractivity (Wildman–Crippen MR) is 79.8 cm³/mol. The highest BCUT2D eigenvalue weighted by Gasteiger charge is 2.24. The molecule has 0 aliphatic carbocycles. The van der Waals surface area contributed by atoms with Crippen molar-refractivity contribution in [2.24, 2.45) is 5.41 Å². The number of aliphatic hydroxyl groups is 1. The van der Waals surface area contributed by atoms with E-state index in [9.17, 15) is 9.90 Å². The normalized spacial score (nSPS) is 13.6. The molecule has 110 valence electrons. The van der Waals surface area contributed by atoms with Crippen molar-refractivity contribution in [2.45, 2.75) is 33.2 Å². The van der Waals surface area contributed by atoms with Gasteiger partial charge in [-0.25, -0.2) is 4.79 Å². The molecule has 1 atom stereocenters. The Kier molecular flexibility index (Phi) is 3.76. The first kappa shape index (κ1) is 14.5. The third-order valence-electron chi connectivity index (χ3n) is 3.38. The van der Waals surface area contributed by atoms with Crippen molar-refractivity contribution in [1.82, 2.24) is 4.98 Å². The number of benzene rings is 1. The highest BCUT2D eigenvalue weighted by Crippen LogP contribution is 2.30. The number of fused-ring (bicyclic) bond motifs is 1. The number of aromatic amines is 1. The summed E-state index contributed by atoms with van der Waals surface area (Å²) in [5.41, 5.74) is 8.22. The summed E-state index contributed by atoms with van der Waals surface area (Å²) in [5, 5.41) is 12.5. The quantitative estimate of drug-likeness (QED) is 0.640. The van der Waals surface area contributed by atoms with Gasteiger partial charge in [0.05, 0.1) is 16.9 Å². The van der Waals surface area contributed by atoms with Crippen molar-refractivity contribution >= 4 is 22.5 Å². The first-order valence-electron chi connectivity index (χ1n) is 6.61. The standard InChI is InChI=1S/C14H21N3O3/c1-14(2,3)12(4-5-18)16-9-7-10-11(6-8(9)15)20-13(19)17-10/h6-7,12,16,18H,4-5,15H2,1-3H3,(H,17,19). The fraction of sp³-hybridized carbons (Fsp3) is 0.500. The molecule has 0 aliphatic rings. The molecule has 6 heteroatoms. The van der Waals surface area contributed by atoms with Gasteiger partial charge in [-0.15, -0.1) is 0 Å². The Labute approximate surface area is 117 Å². The highest BCUT2D eigenvalue weighted by molar-refractivity contribution is 5.85. The number of rotatable bonds is 4. The van der Waals surface area contributed by atoms with Gasteiger partial charge in [-0.3, -0.25) is 4.98 Å². The number of aliphatic hydroxyl groups excluding tert-OH is 1. The number of oxazole rings is 1. The molecule has 0 aliphatic heterocycles. The van der Waals surface area contributed by atoms with Gasteiger partial charge in [0, 0.05) is 18.7 Å². The Bertz CT molecular complexity index is 652. The van der Waals surface area contributed by atoms with Crippen LogP contribution in [-0.4, -0.2) is 22.7 Å². The molecule has 6 nitrogen and oxygen atoms in total. The van der Waals surface area contributed by atoms with E-state index in [2.05, 4.69) is 31.1 Å². The lowest BCUT2D eigenvalue weighted by molar-refractivity contribution is 0.235. The van der Waals surface area contributed by atoms with Gasteiger partial charge in [-0.1, -0.05) is 20.8 Å². The molecule has 2 aromatic rings. The summed E-state index contributed by atoms with van der Waals surface area (Å²) >= 11 is 0. The van der Waals surface area contributed by atoms with E-state index in [0.717, 1.165) is 5.69 Å². The molecule has 1 heterocycles. The van der Waals surface area contributed by atoms with Crippen molar-refractivity contribution in [3.63, 3.8) is 0 Å². The minimum atomic E-state index is -0.501. The van der Waals surface area contributed by atoms with E-state index < -0.39 is 5.76 Å². The highest BCUT2D eigenvalue weighted by atomic mass is 16.4. The maximum absolute atomic E-state index is 11.2. The van der Waals surface area contributed by atoms with Gasteiger partial charge in [0.25, 0.3) is 0 Å². The molecule has 0 saturated heterocycles. The average Bonchev–Trinajstić information content (AvgIpc) is 2.66. The number of hydrogen-bond donors (Lipinski definition) is 4. The lowest BCUT2D eigenvalue weighted by atomic mass is 9.84. The summed E-state index contributed by atoms with van der Waals surface area (Å²) in [6.45, 7) is 6.37. The summed E-state index contributed by atoms with van der Waals surface area (Å²) in [6.07, 6.45) is 0.614. The lowest BCUT2D eigenvalue weighted by Gasteiger charge is -2.32. The van der Waals surface area contributed by atoms with Gasteiger partial charge in [0.2, 0.25) is 0 Å². The molecule has 2 rings (SSSR count). The lowest BCUT2D eigenvalue weighted by Crippen LogP contribution is -2.35. The number of nitrogens with one attached hydrogen (secondary N) is 2. The van der Waals surface area contributed by atoms with Crippen LogP contribution in [0.2, 0.25) is 0 Å². The molecule has 20 heavy (non-hydrogen) atoms. The molecule has 0 bridgehead atoms. The minimum Gasteiger partial charge on any atom is -0.408 e. The molecular formula is C14H21N3O3. The Morgan fingerprint density at radius 2 is 2.15 bits per heavy atom. The van der Waals surface area contributed by atoms with Gasteiger partial charge in [-0.2, -0.15) is 0 Å². The number of nitrogen functional groups attached to an aromatic ring is 1. The molecule has 1 aromatic carbocycles. The zero-order valence-electron chi connectivity index (χ0n) is 12.0. The van der Waals surface area contributed by atoms with Crippen molar-refractivity contribution in [2.75, 3.05) is 17.7 Å². The Balaban J connectivity index is 2.36. The molecule has 5 N–H and O–H groups in total. The maximum atomic E-state index is 11.2. The van der Waals surface area contributed by atoms with Crippen LogP contribution in [0.4, 0.5) is 11.4 Å². The van der Waals surface area contributed by atoms with E-state index in [1.54, 1.807) is 12.1 Å². The fourth-order valence-corrected chi connectivity index (χ4v) is 2.18. The Hall–Kier alpha value is -1.95. The van der Waals surface area contributed by atoms with Crippen LogP contribution >= 0.6 is 0 Å². The minimum absolute atomic E-state index is 0.0338. The number of nitrogens with two attached hydrogens (primary N) is 1. The van der Waals surface area contributed by atoms with Gasteiger partial charge >= 0.3 is 5.76 Å². The van der Waals surface area contributed by atoms with Crippen LogP contribution in [0.15, 0.2) is 21.3 Å². The summed E-state index contributed by atoms with van der Waals surface area (Å²) in [6, 6.07) is 3.44. The zero-order chi connectivity index (χ0) is 14.9. The first-order chi connectivity index (χ1) is 9.31. The average molecular weight is 279 g/mol. The van der Waals surface area contributed by atoms with Crippen LogP contribution < -0.4 is 16.8 Å². The molecule has 1 aromatic heterocycles. The number of aromatic nitrogens is 1. The SMILES string of the molecule is CC(C)(C)C(CCO)Nc1cc2[nH]c(=O)oc2cc1N. The molecule has 0 spiro atoms. The van der Waals surface area contributed by atoms with E-state index in [-0.39, 0.29) is 18.1 Å². The van der Waals surface area contributed by atoms with Crippen molar-refractivity contribution < 1.29 is 9.52 Å². The molecule has 0 fully saturated rings. The fourth-order valence-electron chi connectivity index (χ4n) is 2.18. The second-order valence-electron chi connectivity index (χ2n) is 6.03. The van der Waals surface area contributed by atoms with Crippen LogP contribution in [0.3, 0.4) is 0 Å². The summed E-state index contributed by atoms with van der Waals surface area (Å²) < 4.78 is 4.96. The summed E-state index contributed by atoms with van der Waals surface area (Å²) in [4.78, 5) is 13.8. The Morgan fingerprint density at radius 3 is 2.75 bits per heavy atom. The van der Waals surface area contributed by atoms with Gasteiger partial charge in [0.1, 0.15) is 0 Å². The van der Waals surface area contributed by atoms with E-state index in [1.807, 2.05) is 0 Å². The smallest absolute Gasteiger partial charge is 0.408 e. The van der Waals surface area contributed by atoms with E-state index in [1.165, 1.54) is 0 Å². The van der Waals surface area contributed by atoms with Crippen molar-refractivity contribution in [3.05, 3.63) is 22.7 Å². The van der Waals surface area contributed by atoms with E-state index >= 15 is 0 Å². The van der Waals surface area contributed by atoms with E-state index in [0.29, 0.717) is 23.2 Å². The zero-order valence-corrected chi connectivity index (χ0v) is 12.0. The third-order valence-corrected chi connectivity index (χ3v) is 3.38. The molecular weight excluding hydrogens is 258 g/mol. The number of H-pyrrole nitrogens is 1. The maximum Gasteiger partial charge on any atom is 0.417 e. The third kappa shape index (κ3) is 2.96. The topological polar surface area (TPSA) is 104 Å². The van der Waals surface area contributed by atoms with Crippen LogP contribution in [0.1, 0.15) is 27.2 Å². The molecule has 1 unspecified atom stereocenters. The van der Waals surface area contributed by atoms with Crippen LogP contribution in [0, 0.1) is 5.41 Å². The van der Waals surface area contributed by atoms with Gasteiger partial charge < -0.3 is 20.6 Å². The van der Waals surface area contributed by atoms with Gasteiger partial charge in [0.15, 0.2) is 5.58 Å². The van der Waals surface area contributed by atoms with Gasteiger partial charge in [-0.05, 0) is 17.9 Å². The predicted octanol–water partition coefficient (Wildman–Crippen LogP) is 1.91. The van der Waals surface area contributed by atoms with E-state index in [4.69, 9.17) is 10.2 Å². The second kappa shape index (κ2) is 5.20. The summed E-state index contributed by atoms with van der Waals surface area (Å²) in [7, 11) is 0. The van der Waals surface area contributed by atoms with Crippen LogP contribution in [0.25, 0.3) is 11.1 Å². The monoisotopic (exact) mass is 279 g/mol. The second-order valence-corrected chi connectivity index (χ2v) is 6.03. The molecule has 0 saturated carbocycles. The number of hydrogen-bond acceptors (Lipinski definition) is 5. The molecule has 0 radical (unpaired) electrons. The largest absolute Gasteiger partial charge is 0.417 e. The first-order valence-corrected chi connectivity index (χ1v) is 6.61. The molecule has 0 amide bonds. The number of anilines is 2. The van der Waals surface area contributed by atoms with Crippen LogP contribution in [-0.2, 0) is 0 Å². The van der Waals surface area contributed by atoms with Crippen LogP contribution in [0.5, 0.6) is 0 Å². The Morgan fingerprint density at radius 1 is 1.45 bits per heavy atom. The van der Waals surface area contributed by atoms with Crippen molar-refractivity contribution in [3.8, 4) is 0 Å². The summed E-state index contributed by atoms with van der Waals surface area (Å²) in [5.74, 6) is -0.501. The van der Waals surface area contributed by atoms with Crippen molar-refractivity contribution in [1.29, 1.82) is 0 Å².